The number of amides is 1. The van der Waals surface area contributed by atoms with Crippen LogP contribution in [-0.2, 0) is 11.4 Å². The second kappa shape index (κ2) is 10.6. The van der Waals surface area contributed by atoms with Crippen LogP contribution in [0.15, 0.2) is 76.9 Å². The van der Waals surface area contributed by atoms with Crippen LogP contribution in [0.1, 0.15) is 21.5 Å². The van der Waals surface area contributed by atoms with Gasteiger partial charge in [-0.05, 0) is 69.5 Å². The molecule has 0 spiro atoms. The third-order valence-corrected chi connectivity index (χ3v) is 4.96. The minimum atomic E-state index is -1.29. The predicted octanol–water partition coefficient (Wildman–Crippen LogP) is 5.03. The number of ether oxygens (including phenoxy) is 2. The van der Waals surface area contributed by atoms with E-state index in [4.69, 9.17) is 9.47 Å². The summed E-state index contributed by atoms with van der Waals surface area (Å²) in [6.45, 7) is 0.179. The summed E-state index contributed by atoms with van der Waals surface area (Å²) in [5, 5.41) is 11.9. The molecule has 3 rings (SSSR count). The normalized spacial score (nSPS) is 11.0. The van der Waals surface area contributed by atoms with Crippen molar-refractivity contribution in [3.8, 4) is 11.5 Å². The Balaban J connectivity index is 1.83. The number of carbonyl (C=O) groups excluding carboxylic acids is 1. The molecule has 3 aromatic carbocycles. The van der Waals surface area contributed by atoms with Gasteiger partial charge in [-0.2, -0.15) is 0 Å². The molecule has 32 heavy (non-hydrogen) atoms. The zero-order valence-corrected chi connectivity index (χ0v) is 18.6. The lowest BCUT2D eigenvalue weighted by Gasteiger charge is -2.14. The predicted molar refractivity (Wildman–Crippen MR) is 121 cm³/mol. The molecule has 0 atom stereocenters. The fourth-order valence-corrected chi connectivity index (χ4v) is 3.38. The molecular formula is C24H19BrFNO5. The van der Waals surface area contributed by atoms with Crippen molar-refractivity contribution in [2.45, 2.75) is 6.61 Å². The maximum atomic E-state index is 13.1. The Morgan fingerprint density at radius 1 is 1.09 bits per heavy atom. The van der Waals surface area contributed by atoms with Crippen molar-refractivity contribution in [3.63, 3.8) is 0 Å². The third-order valence-electron chi connectivity index (χ3n) is 4.37. The number of halogens is 2. The average Bonchev–Trinajstić information content (AvgIpc) is 2.79. The smallest absolute Gasteiger partial charge is 0.352 e. The van der Waals surface area contributed by atoms with Gasteiger partial charge in [-0.1, -0.05) is 30.3 Å². The Morgan fingerprint density at radius 3 is 2.41 bits per heavy atom. The molecule has 8 heteroatoms. The molecule has 3 aromatic rings. The van der Waals surface area contributed by atoms with Crippen molar-refractivity contribution >= 4 is 33.9 Å². The van der Waals surface area contributed by atoms with Crippen LogP contribution in [0, 0.1) is 5.82 Å². The van der Waals surface area contributed by atoms with E-state index in [2.05, 4.69) is 21.2 Å². The minimum Gasteiger partial charge on any atom is -0.493 e. The quantitative estimate of drug-likeness (QED) is 0.424. The first-order valence-electron chi connectivity index (χ1n) is 9.43. The van der Waals surface area contributed by atoms with Gasteiger partial charge in [-0.3, -0.25) is 4.79 Å². The van der Waals surface area contributed by atoms with Gasteiger partial charge in [0.15, 0.2) is 11.5 Å². The van der Waals surface area contributed by atoms with E-state index in [1.807, 2.05) is 0 Å². The van der Waals surface area contributed by atoms with Gasteiger partial charge >= 0.3 is 5.97 Å². The number of carboxylic acid groups (broad SMARTS) is 1. The lowest BCUT2D eigenvalue weighted by molar-refractivity contribution is -0.132. The lowest BCUT2D eigenvalue weighted by Crippen LogP contribution is -2.27. The van der Waals surface area contributed by atoms with E-state index in [1.165, 1.54) is 25.3 Å². The first kappa shape index (κ1) is 23.0. The average molecular weight is 500 g/mol. The van der Waals surface area contributed by atoms with Gasteiger partial charge in [0.1, 0.15) is 18.1 Å². The number of methoxy groups -OCH3 is 1. The topological polar surface area (TPSA) is 84.9 Å². The largest absolute Gasteiger partial charge is 0.493 e. The highest BCUT2D eigenvalue weighted by Gasteiger charge is 2.16. The van der Waals surface area contributed by atoms with Crippen LogP contribution in [0.5, 0.6) is 11.5 Å². The van der Waals surface area contributed by atoms with E-state index in [-0.39, 0.29) is 18.1 Å². The Hall–Kier alpha value is -3.65. The molecule has 0 saturated heterocycles. The summed E-state index contributed by atoms with van der Waals surface area (Å²) < 4.78 is 24.8. The number of nitrogens with one attached hydrogen (secondary N) is 1. The molecule has 0 bridgehead atoms. The lowest BCUT2D eigenvalue weighted by atomic mass is 10.1. The van der Waals surface area contributed by atoms with Crippen LogP contribution in [0.4, 0.5) is 4.39 Å². The van der Waals surface area contributed by atoms with E-state index >= 15 is 0 Å². The zero-order valence-electron chi connectivity index (χ0n) is 17.0. The van der Waals surface area contributed by atoms with E-state index < -0.39 is 11.9 Å². The van der Waals surface area contributed by atoms with Crippen LogP contribution in [0.2, 0.25) is 0 Å². The van der Waals surface area contributed by atoms with Crippen molar-refractivity contribution in [1.82, 2.24) is 5.32 Å². The van der Waals surface area contributed by atoms with Crippen LogP contribution < -0.4 is 14.8 Å². The molecule has 6 nitrogen and oxygen atoms in total. The first-order valence-corrected chi connectivity index (χ1v) is 10.2. The van der Waals surface area contributed by atoms with Crippen LogP contribution in [0.25, 0.3) is 6.08 Å². The van der Waals surface area contributed by atoms with Gasteiger partial charge in [0.25, 0.3) is 5.91 Å². The molecule has 0 heterocycles. The maximum absolute atomic E-state index is 13.1. The fraction of sp³-hybridized carbons (Fsp3) is 0.0833. The summed E-state index contributed by atoms with van der Waals surface area (Å²) in [4.78, 5) is 24.0. The Kier molecular flexibility index (Phi) is 7.62. The Morgan fingerprint density at radius 2 is 1.78 bits per heavy atom. The summed E-state index contributed by atoms with van der Waals surface area (Å²) in [5.74, 6) is -1.41. The number of hydrogen-bond donors (Lipinski definition) is 2. The zero-order chi connectivity index (χ0) is 23.1. The Labute approximate surface area is 192 Å². The fourth-order valence-electron chi connectivity index (χ4n) is 2.80. The molecule has 0 aliphatic rings. The Bertz CT molecular complexity index is 1150. The number of aliphatic carboxylic acids is 1. The second-order valence-corrected chi connectivity index (χ2v) is 7.49. The van der Waals surface area contributed by atoms with E-state index in [0.717, 1.165) is 5.56 Å². The second-order valence-electron chi connectivity index (χ2n) is 6.63. The highest BCUT2D eigenvalue weighted by atomic mass is 79.9. The van der Waals surface area contributed by atoms with Crippen molar-refractivity contribution in [3.05, 3.63) is 99.4 Å². The van der Waals surface area contributed by atoms with Gasteiger partial charge in [0.2, 0.25) is 0 Å². The summed E-state index contributed by atoms with van der Waals surface area (Å²) in [5.41, 5.74) is 1.27. The molecule has 0 unspecified atom stereocenters. The van der Waals surface area contributed by atoms with Gasteiger partial charge in [0.05, 0.1) is 11.6 Å². The summed E-state index contributed by atoms with van der Waals surface area (Å²) >= 11 is 3.41. The SMILES string of the molecule is COc1cc(/C=C(/NC(=O)c2ccccc2)C(=O)O)cc(Br)c1OCc1ccc(F)cc1. The van der Waals surface area contributed by atoms with E-state index in [1.54, 1.807) is 54.6 Å². The standard InChI is InChI=1S/C24H19BrFNO5/c1-31-21-13-16(11-19(25)22(21)32-14-15-7-9-18(26)10-8-15)12-20(24(29)30)27-23(28)17-5-3-2-4-6-17/h2-13H,14H2,1H3,(H,27,28)(H,29,30)/b20-12+. The highest BCUT2D eigenvalue weighted by molar-refractivity contribution is 9.10. The maximum Gasteiger partial charge on any atom is 0.352 e. The molecule has 0 fully saturated rings. The number of hydrogen-bond acceptors (Lipinski definition) is 4. The summed E-state index contributed by atoms with van der Waals surface area (Å²) in [6, 6.07) is 17.4. The number of carbonyl (C=O) groups is 2. The van der Waals surface area contributed by atoms with Crippen LogP contribution in [0.3, 0.4) is 0 Å². The highest BCUT2D eigenvalue weighted by Crippen LogP contribution is 2.37. The number of rotatable bonds is 8. The van der Waals surface area contributed by atoms with Gasteiger partial charge in [-0.15, -0.1) is 0 Å². The van der Waals surface area contributed by atoms with Gasteiger partial charge in [-0.25, -0.2) is 9.18 Å². The summed E-state index contributed by atoms with van der Waals surface area (Å²) in [7, 11) is 1.45. The number of benzene rings is 3. The van der Waals surface area contributed by atoms with Crippen molar-refractivity contribution in [2.24, 2.45) is 0 Å². The van der Waals surface area contributed by atoms with Crippen molar-refractivity contribution in [2.75, 3.05) is 7.11 Å². The molecule has 2 N–H and O–H groups in total. The summed E-state index contributed by atoms with van der Waals surface area (Å²) in [6.07, 6.45) is 1.32. The van der Waals surface area contributed by atoms with Gasteiger partial charge < -0.3 is 19.9 Å². The molecular weight excluding hydrogens is 481 g/mol. The molecule has 0 aromatic heterocycles. The monoisotopic (exact) mass is 499 g/mol. The molecule has 0 saturated carbocycles. The first-order chi connectivity index (χ1) is 15.4. The third kappa shape index (κ3) is 5.95. The van der Waals surface area contributed by atoms with E-state index in [0.29, 0.717) is 27.1 Å². The van der Waals surface area contributed by atoms with Crippen LogP contribution >= 0.6 is 15.9 Å². The van der Waals surface area contributed by atoms with Crippen molar-refractivity contribution in [1.29, 1.82) is 0 Å². The molecule has 1 amide bonds. The molecule has 0 aliphatic carbocycles. The minimum absolute atomic E-state index is 0.179. The molecule has 164 valence electrons. The molecule has 0 aliphatic heterocycles. The van der Waals surface area contributed by atoms with Crippen molar-refractivity contribution < 1.29 is 28.6 Å². The van der Waals surface area contributed by atoms with E-state index in [9.17, 15) is 19.1 Å². The number of carboxylic acids is 1. The molecule has 0 radical (unpaired) electrons. The van der Waals surface area contributed by atoms with Gasteiger partial charge in [0, 0.05) is 5.56 Å². The van der Waals surface area contributed by atoms with Crippen LogP contribution in [-0.4, -0.2) is 24.1 Å².